The van der Waals surface area contributed by atoms with Crippen molar-refractivity contribution in [2.75, 3.05) is 11.1 Å². The maximum atomic E-state index is 12.4. The summed E-state index contributed by atoms with van der Waals surface area (Å²) < 4.78 is 2.59. The van der Waals surface area contributed by atoms with Gasteiger partial charge in [-0.25, -0.2) is 0 Å². The summed E-state index contributed by atoms with van der Waals surface area (Å²) in [5.74, 6) is 0.203. The van der Waals surface area contributed by atoms with E-state index in [0.29, 0.717) is 43.8 Å². The molecule has 0 fully saturated rings. The number of thioether (sulfide) groups is 1. The highest BCUT2D eigenvalue weighted by atomic mass is 79.9. The summed E-state index contributed by atoms with van der Waals surface area (Å²) in [4.78, 5) is 24.7. The second-order valence-corrected chi connectivity index (χ2v) is 9.44. The van der Waals surface area contributed by atoms with E-state index in [1.54, 1.807) is 30.3 Å². The second-order valence-electron chi connectivity index (χ2n) is 6.42. The summed E-state index contributed by atoms with van der Waals surface area (Å²) in [6, 6.07) is 9.83. The molecule has 0 aliphatic heterocycles. The third-order valence-electron chi connectivity index (χ3n) is 4.23. The number of nitrogens with zero attached hydrogens (tertiary/aromatic N) is 3. The molecule has 0 aliphatic carbocycles. The molecular weight excluding hydrogens is 561 g/mol. The molecule has 0 spiro atoms. The first-order chi connectivity index (χ1) is 15.3. The van der Waals surface area contributed by atoms with E-state index in [-0.39, 0.29) is 24.1 Å². The first-order valence-corrected chi connectivity index (χ1v) is 12.2. The van der Waals surface area contributed by atoms with Crippen LogP contribution in [0.15, 0.2) is 46.0 Å². The lowest BCUT2D eigenvalue weighted by Crippen LogP contribution is -2.24. The molecule has 2 N–H and O–H groups in total. The van der Waals surface area contributed by atoms with Crippen molar-refractivity contribution >= 4 is 80.0 Å². The number of rotatable bonds is 8. The van der Waals surface area contributed by atoms with Crippen LogP contribution >= 0.6 is 62.5 Å². The third kappa shape index (κ3) is 6.39. The number of carbonyl (C=O) groups is 2. The number of aromatic nitrogens is 3. The summed E-state index contributed by atoms with van der Waals surface area (Å²) in [6.45, 7) is 2.68. The average molecular weight is 578 g/mol. The van der Waals surface area contributed by atoms with Gasteiger partial charge in [-0.1, -0.05) is 46.6 Å². The number of hydrogen-bond donors (Lipinski definition) is 2. The Labute approximate surface area is 212 Å². The van der Waals surface area contributed by atoms with Crippen molar-refractivity contribution in [3.63, 3.8) is 0 Å². The van der Waals surface area contributed by atoms with Crippen molar-refractivity contribution in [2.24, 2.45) is 0 Å². The molecule has 0 aliphatic rings. The average Bonchev–Trinajstić information content (AvgIpc) is 3.16. The fraction of sp³-hybridized carbons (Fsp3) is 0.200. The molecule has 1 aromatic heterocycles. The molecule has 0 saturated carbocycles. The lowest BCUT2D eigenvalue weighted by molar-refractivity contribution is -0.113. The minimum absolute atomic E-state index is 0.140. The van der Waals surface area contributed by atoms with E-state index in [2.05, 4.69) is 36.8 Å². The van der Waals surface area contributed by atoms with Crippen molar-refractivity contribution in [3.05, 3.63) is 67.3 Å². The van der Waals surface area contributed by atoms with E-state index in [1.165, 1.54) is 17.8 Å². The summed E-state index contributed by atoms with van der Waals surface area (Å²) in [7, 11) is 0. The van der Waals surface area contributed by atoms with E-state index in [4.69, 9.17) is 34.8 Å². The van der Waals surface area contributed by atoms with Crippen LogP contribution in [0.2, 0.25) is 15.1 Å². The van der Waals surface area contributed by atoms with Crippen LogP contribution in [0.3, 0.4) is 0 Å². The SMILES string of the molecule is CCn1c(CNC(=O)c2ccc(Cl)c(Cl)c2)nnc1SCC(=O)Nc1ccc(Br)c(Cl)c1. The van der Waals surface area contributed by atoms with Gasteiger partial charge in [0.1, 0.15) is 0 Å². The Morgan fingerprint density at radius 1 is 1.06 bits per heavy atom. The van der Waals surface area contributed by atoms with Gasteiger partial charge in [0.15, 0.2) is 11.0 Å². The topological polar surface area (TPSA) is 88.9 Å². The smallest absolute Gasteiger partial charge is 0.251 e. The monoisotopic (exact) mass is 575 g/mol. The van der Waals surface area contributed by atoms with Crippen LogP contribution < -0.4 is 10.6 Å². The van der Waals surface area contributed by atoms with Gasteiger partial charge in [-0.05, 0) is 59.3 Å². The lowest BCUT2D eigenvalue weighted by atomic mass is 10.2. The predicted octanol–water partition coefficient (Wildman–Crippen LogP) is 5.68. The van der Waals surface area contributed by atoms with Crippen LogP contribution in [0.5, 0.6) is 0 Å². The van der Waals surface area contributed by atoms with E-state index in [9.17, 15) is 9.59 Å². The van der Waals surface area contributed by atoms with Crippen molar-refractivity contribution in [1.82, 2.24) is 20.1 Å². The molecule has 3 rings (SSSR count). The highest BCUT2D eigenvalue weighted by Crippen LogP contribution is 2.26. The van der Waals surface area contributed by atoms with Gasteiger partial charge in [-0.15, -0.1) is 10.2 Å². The van der Waals surface area contributed by atoms with Crippen LogP contribution in [0.25, 0.3) is 0 Å². The zero-order chi connectivity index (χ0) is 23.3. The van der Waals surface area contributed by atoms with E-state index < -0.39 is 0 Å². The number of nitrogens with one attached hydrogen (secondary N) is 2. The Balaban J connectivity index is 1.57. The molecule has 0 bridgehead atoms. The van der Waals surface area contributed by atoms with Crippen LogP contribution in [-0.4, -0.2) is 32.3 Å². The Morgan fingerprint density at radius 2 is 1.84 bits per heavy atom. The first-order valence-electron chi connectivity index (χ1n) is 9.31. The molecule has 2 aromatic carbocycles. The first kappa shape index (κ1) is 24.9. The molecule has 1 heterocycles. The molecule has 0 saturated heterocycles. The summed E-state index contributed by atoms with van der Waals surface area (Å²) >= 11 is 22.5. The highest BCUT2D eigenvalue weighted by Gasteiger charge is 2.15. The molecule has 32 heavy (non-hydrogen) atoms. The zero-order valence-corrected chi connectivity index (χ0v) is 21.3. The Bertz CT molecular complexity index is 1160. The van der Waals surface area contributed by atoms with E-state index in [0.717, 1.165) is 4.47 Å². The third-order valence-corrected chi connectivity index (χ3v) is 7.17. The zero-order valence-electron chi connectivity index (χ0n) is 16.7. The molecule has 0 radical (unpaired) electrons. The second kappa shape index (κ2) is 11.4. The van der Waals surface area contributed by atoms with Gasteiger partial charge >= 0.3 is 0 Å². The molecule has 0 atom stereocenters. The summed E-state index contributed by atoms with van der Waals surface area (Å²) in [6.07, 6.45) is 0. The maximum Gasteiger partial charge on any atom is 0.251 e. The van der Waals surface area contributed by atoms with Gasteiger partial charge in [0.05, 0.1) is 27.4 Å². The minimum Gasteiger partial charge on any atom is -0.345 e. The Kier molecular flexibility index (Phi) is 8.84. The molecule has 168 valence electrons. The van der Waals surface area contributed by atoms with Gasteiger partial charge < -0.3 is 15.2 Å². The number of carbonyl (C=O) groups excluding carboxylic acids is 2. The van der Waals surface area contributed by atoms with Gasteiger partial charge in [-0.3, -0.25) is 9.59 Å². The standard InChI is InChI=1S/C20H17BrCl3N5O2S/c1-2-29-17(9-25-19(31)11-3-6-14(22)16(24)7-11)27-28-20(29)32-10-18(30)26-12-4-5-13(21)15(23)8-12/h3-8H,2,9-10H2,1H3,(H,25,31)(H,26,30). The van der Waals surface area contributed by atoms with Crippen molar-refractivity contribution in [2.45, 2.75) is 25.2 Å². The van der Waals surface area contributed by atoms with Gasteiger partial charge in [-0.2, -0.15) is 0 Å². The van der Waals surface area contributed by atoms with Gasteiger partial charge in [0, 0.05) is 22.3 Å². The Morgan fingerprint density at radius 3 is 2.53 bits per heavy atom. The number of benzene rings is 2. The molecule has 7 nitrogen and oxygen atoms in total. The van der Waals surface area contributed by atoms with Crippen LogP contribution in [0.4, 0.5) is 5.69 Å². The largest absolute Gasteiger partial charge is 0.345 e. The lowest BCUT2D eigenvalue weighted by Gasteiger charge is -2.09. The number of halogens is 4. The number of hydrogen-bond acceptors (Lipinski definition) is 5. The van der Waals surface area contributed by atoms with Crippen LogP contribution in [-0.2, 0) is 17.9 Å². The quantitative estimate of drug-likeness (QED) is 0.336. The normalized spacial score (nSPS) is 10.8. The molecule has 2 amide bonds. The molecular formula is C20H17BrCl3N5O2S. The predicted molar refractivity (Wildman–Crippen MR) is 132 cm³/mol. The van der Waals surface area contributed by atoms with Gasteiger partial charge in [0.2, 0.25) is 5.91 Å². The van der Waals surface area contributed by atoms with Crippen LogP contribution in [0.1, 0.15) is 23.1 Å². The summed E-state index contributed by atoms with van der Waals surface area (Å²) in [5, 5.41) is 15.6. The van der Waals surface area contributed by atoms with Gasteiger partial charge in [0.25, 0.3) is 5.91 Å². The fourth-order valence-corrected chi connectivity index (χ4v) is 4.22. The molecule has 3 aromatic rings. The fourth-order valence-electron chi connectivity index (χ4n) is 2.67. The van der Waals surface area contributed by atoms with Crippen molar-refractivity contribution in [3.8, 4) is 0 Å². The highest BCUT2D eigenvalue weighted by molar-refractivity contribution is 9.10. The number of amides is 2. The maximum absolute atomic E-state index is 12.4. The number of anilines is 1. The van der Waals surface area contributed by atoms with Crippen LogP contribution in [0, 0.1) is 0 Å². The minimum atomic E-state index is -0.309. The van der Waals surface area contributed by atoms with Crippen molar-refractivity contribution < 1.29 is 9.59 Å². The summed E-state index contributed by atoms with van der Waals surface area (Å²) in [5.41, 5.74) is 0.993. The molecule has 12 heteroatoms. The Hall–Kier alpha value is -1.78. The van der Waals surface area contributed by atoms with Crippen molar-refractivity contribution in [1.29, 1.82) is 0 Å². The van der Waals surface area contributed by atoms with E-state index in [1.807, 2.05) is 11.5 Å². The van der Waals surface area contributed by atoms with E-state index >= 15 is 0 Å². The molecule has 0 unspecified atom stereocenters.